The summed E-state index contributed by atoms with van der Waals surface area (Å²) in [6.07, 6.45) is 1.89. The van der Waals surface area contributed by atoms with Gasteiger partial charge in [-0.15, -0.1) is 0 Å². The summed E-state index contributed by atoms with van der Waals surface area (Å²) in [7, 11) is 0. The van der Waals surface area contributed by atoms with Crippen LogP contribution < -0.4 is 10.6 Å². The third kappa shape index (κ3) is 4.22. The predicted molar refractivity (Wildman–Crippen MR) is 61.8 cm³/mol. The van der Waals surface area contributed by atoms with Crippen LogP contribution in [-0.2, 0) is 9.53 Å². The molecule has 1 saturated heterocycles. The Labute approximate surface area is 101 Å². The van der Waals surface area contributed by atoms with Crippen LogP contribution in [0.5, 0.6) is 0 Å². The van der Waals surface area contributed by atoms with E-state index in [4.69, 9.17) is 9.84 Å². The van der Waals surface area contributed by atoms with E-state index >= 15 is 0 Å². The first-order chi connectivity index (χ1) is 8.04. The van der Waals surface area contributed by atoms with Crippen molar-refractivity contribution in [3.63, 3.8) is 0 Å². The summed E-state index contributed by atoms with van der Waals surface area (Å²) in [4.78, 5) is 22.4. The minimum Gasteiger partial charge on any atom is -0.481 e. The smallest absolute Gasteiger partial charge is 0.315 e. The number of nitrogens with one attached hydrogen (secondary N) is 2. The molecule has 2 amide bonds. The first kappa shape index (κ1) is 13.8. The van der Waals surface area contributed by atoms with E-state index in [0.717, 1.165) is 12.8 Å². The Morgan fingerprint density at radius 1 is 1.47 bits per heavy atom. The number of hydrogen-bond donors (Lipinski definition) is 3. The van der Waals surface area contributed by atoms with E-state index in [0.29, 0.717) is 0 Å². The van der Waals surface area contributed by atoms with Crippen LogP contribution in [-0.4, -0.2) is 42.4 Å². The molecular formula is C11H20N2O4. The topological polar surface area (TPSA) is 87.7 Å². The summed E-state index contributed by atoms with van der Waals surface area (Å²) in [5.74, 6) is -1.59. The number of carboxylic acids is 1. The van der Waals surface area contributed by atoms with Crippen molar-refractivity contribution in [2.75, 3.05) is 13.2 Å². The summed E-state index contributed by atoms with van der Waals surface area (Å²) in [6.45, 7) is 4.38. The molecule has 1 heterocycles. The minimum atomic E-state index is -0.936. The number of urea groups is 1. The molecule has 0 spiro atoms. The van der Waals surface area contributed by atoms with Gasteiger partial charge in [0.1, 0.15) is 5.92 Å². The lowest BCUT2D eigenvalue weighted by molar-refractivity contribution is -0.142. The maximum atomic E-state index is 11.6. The van der Waals surface area contributed by atoms with Gasteiger partial charge in [0.05, 0.1) is 19.3 Å². The molecular weight excluding hydrogens is 224 g/mol. The molecule has 1 aliphatic heterocycles. The van der Waals surface area contributed by atoms with Crippen LogP contribution >= 0.6 is 0 Å². The fourth-order valence-electron chi connectivity index (χ4n) is 1.88. The molecule has 3 unspecified atom stereocenters. The van der Waals surface area contributed by atoms with Gasteiger partial charge < -0.3 is 20.5 Å². The zero-order valence-corrected chi connectivity index (χ0v) is 10.2. The average Bonchev–Trinajstić information content (AvgIpc) is 2.65. The number of hydrogen-bond acceptors (Lipinski definition) is 3. The summed E-state index contributed by atoms with van der Waals surface area (Å²) in [5.41, 5.74) is 0. The van der Waals surface area contributed by atoms with Crippen LogP contribution in [0.2, 0.25) is 0 Å². The van der Waals surface area contributed by atoms with Gasteiger partial charge in [-0.25, -0.2) is 4.79 Å². The van der Waals surface area contributed by atoms with Gasteiger partial charge in [0, 0.05) is 6.04 Å². The quantitative estimate of drug-likeness (QED) is 0.660. The van der Waals surface area contributed by atoms with Gasteiger partial charge >= 0.3 is 12.0 Å². The van der Waals surface area contributed by atoms with Crippen LogP contribution in [0.15, 0.2) is 0 Å². The Kier molecular flexibility index (Phi) is 5.21. The molecule has 3 N–H and O–H groups in total. The van der Waals surface area contributed by atoms with Crippen LogP contribution in [0.4, 0.5) is 4.79 Å². The Morgan fingerprint density at radius 3 is 2.76 bits per heavy atom. The van der Waals surface area contributed by atoms with Crippen molar-refractivity contribution in [1.29, 1.82) is 0 Å². The first-order valence-corrected chi connectivity index (χ1v) is 5.92. The van der Waals surface area contributed by atoms with E-state index in [2.05, 4.69) is 10.6 Å². The SMILES string of the molecule is CCCC(C)NC(=O)NC1COCC1C(=O)O. The van der Waals surface area contributed by atoms with E-state index in [1.165, 1.54) is 0 Å². The molecule has 0 aromatic carbocycles. The highest BCUT2D eigenvalue weighted by Crippen LogP contribution is 2.13. The molecule has 0 saturated carbocycles. The molecule has 0 bridgehead atoms. The minimum absolute atomic E-state index is 0.0885. The lowest BCUT2D eigenvalue weighted by atomic mass is 10.0. The van der Waals surface area contributed by atoms with Crippen molar-refractivity contribution < 1.29 is 19.4 Å². The van der Waals surface area contributed by atoms with Gasteiger partial charge in [0.2, 0.25) is 0 Å². The van der Waals surface area contributed by atoms with Crippen molar-refractivity contribution in [3.05, 3.63) is 0 Å². The highest BCUT2D eigenvalue weighted by Gasteiger charge is 2.35. The Balaban J connectivity index is 2.37. The molecule has 3 atom stereocenters. The third-order valence-electron chi connectivity index (χ3n) is 2.81. The summed E-state index contributed by atoms with van der Waals surface area (Å²) in [6, 6.07) is -0.681. The van der Waals surface area contributed by atoms with Crippen molar-refractivity contribution in [1.82, 2.24) is 10.6 Å². The second-order valence-corrected chi connectivity index (χ2v) is 4.40. The molecule has 1 fully saturated rings. The van der Waals surface area contributed by atoms with Crippen molar-refractivity contribution in [2.45, 2.75) is 38.8 Å². The second kappa shape index (κ2) is 6.44. The number of rotatable bonds is 5. The molecule has 98 valence electrons. The molecule has 0 radical (unpaired) electrons. The van der Waals surface area contributed by atoms with Gasteiger partial charge in [-0.05, 0) is 13.3 Å². The zero-order valence-electron chi connectivity index (χ0n) is 10.2. The summed E-state index contributed by atoms with van der Waals surface area (Å²) >= 11 is 0. The second-order valence-electron chi connectivity index (χ2n) is 4.40. The number of carbonyl (C=O) groups is 2. The van der Waals surface area contributed by atoms with Crippen LogP contribution in [0.1, 0.15) is 26.7 Å². The first-order valence-electron chi connectivity index (χ1n) is 5.92. The fraction of sp³-hybridized carbons (Fsp3) is 0.818. The van der Waals surface area contributed by atoms with Gasteiger partial charge in [-0.2, -0.15) is 0 Å². The predicted octanol–water partition coefficient (Wildman–Crippen LogP) is 0.574. The molecule has 0 aromatic rings. The average molecular weight is 244 g/mol. The number of carboxylic acid groups (broad SMARTS) is 1. The van der Waals surface area contributed by atoms with Crippen LogP contribution in [0, 0.1) is 5.92 Å². The summed E-state index contributed by atoms with van der Waals surface area (Å²) < 4.78 is 5.06. The van der Waals surface area contributed by atoms with Crippen LogP contribution in [0.3, 0.4) is 0 Å². The van der Waals surface area contributed by atoms with E-state index < -0.39 is 17.9 Å². The number of aliphatic carboxylic acids is 1. The van der Waals surface area contributed by atoms with Gasteiger partial charge in [-0.3, -0.25) is 4.79 Å². The highest BCUT2D eigenvalue weighted by atomic mass is 16.5. The normalized spacial score (nSPS) is 25.3. The van der Waals surface area contributed by atoms with Crippen LogP contribution in [0.25, 0.3) is 0 Å². The molecule has 0 aromatic heterocycles. The van der Waals surface area contributed by atoms with Gasteiger partial charge in [0.25, 0.3) is 0 Å². The Morgan fingerprint density at radius 2 is 2.18 bits per heavy atom. The molecule has 6 nitrogen and oxygen atoms in total. The molecule has 1 aliphatic rings. The standard InChI is InChI=1S/C11H20N2O4/c1-3-4-7(2)12-11(16)13-9-6-17-5-8(9)10(14)15/h7-9H,3-6H2,1-2H3,(H,14,15)(H2,12,13,16). The van der Waals surface area contributed by atoms with Crippen molar-refractivity contribution >= 4 is 12.0 Å². The maximum absolute atomic E-state index is 11.6. The molecule has 1 rings (SSSR count). The maximum Gasteiger partial charge on any atom is 0.315 e. The highest BCUT2D eigenvalue weighted by molar-refractivity contribution is 5.77. The Bertz CT molecular complexity index is 283. The molecule has 17 heavy (non-hydrogen) atoms. The summed E-state index contributed by atoms with van der Waals surface area (Å²) in [5, 5.41) is 14.3. The van der Waals surface area contributed by atoms with Gasteiger partial charge in [0.15, 0.2) is 0 Å². The third-order valence-corrected chi connectivity index (χ3v) is 2.81. The molecule has 6 heteroatoms. The van der Waals surface area contributed by atoms with E-state index in [1.807, 2.05) is 13.8 Å². The van der Waals surface area contributed by atoms with Crippen molar-refractivity contribution in [3.8, 4) is 0 Å². The van der Waals surface area contributed by atoms with Gasteiger partial charge in [-0.1, -0.05) is 13.3 Å². The van der Waals surface area contributed by atoms with Crippen molar-refractivity contribution in [2.24, 2.45) is 5.92 Å². The fourth-order valence-corrected chi connectivity index (χ4v) is 1.88. The number of amides is 2. The molecule has 0 aliphatic carbocycles. The number of carbonyl (C=O) groups excluding carboxylic acids is 1. The van der Waals surface area contributed by atoms with E-state index in [9.17, 15) is 9.59 Å². The lowest BCUT2D eigenvalue weighted by Crippen LogP contribution is -2.49. The largest absolute Gasteiger partial charge is 0.481 e. The van der Waals surface area contributed by atoms with E-state index in [1.54, 1.807) is 0 Å². The lowest BCUT2D eigenvalue weighted by Gasteiger charge is -2.18. The van der Waals surface area contributed by atoms with E-state index in [-0.39, 0.29) is 25.3 Å². The monoisotopic (exact) mass is 244 g/mol. The number of ether oxygens (including phenoxy) is 1. The zero-order chi connectivity index (χ0) is 12.8. The Hall–Kier alpha value is -1.30.